The van der Waals surface area contributed by atoms with Gasteiger partial charge < -0.3 is 10.0 Å². The minimum absolute atomic E-state index is 0.248. The lowest BCUT2D eigenvalue weighted by Gasteiger charge is -2.15. The number of nitrogens with zero attached hydrogens (tertiary/aromatic N) is 3. The molecule has 0 unspecified atom stereocenters. The lowest BCUT2D eigenvalue weighted by Crippen LogP contribution is -2.21. The van der Waals surface area contributed by atoms with Crippen LogP contribution in [0.1, 0.15) is 6.42 Å². The normalized spacial score (nSPS) is 21.6. The van der Waals surface area contributed by atoms with E-state index in [1.165, 1.54) is 0 Å². The van der Waals surface area contributed by atoms with Crippen LogP contribution in [0.2, 0.25) is 5.15 Å². The molecule has 5 heteroatoms. The van der Waals surface area contributed by atoms with Crippen LogP contribution in [-0.4, -0.2) is 35.0 Å². The van der Waals surface area contributed by atoms with Crippen LogP contribution in [0.4, 0.5) is 5.82 Å². The number of halogens is 1. The van der Waals surface area contributed by atoms with E-state index in [4.69, 9.17) is 16.7 Å². The van der Waals surface area contributed by atoms with E-state index in [0.29, 0.717) is 11.1 Å². The number of aromatic nitrogens is 2. The summed E-state index contributed by atoms with van der Waals surface area (Å²) in [6, 6.07) is 3.59. The maximum absolute atomic E-state index is 8.99. The second kappa shape index (κ2) is 4.11. The second-order valence-electron chi connectivity index (χ2n) is 3.50. The van der Waals surface area contributed by atoms with Crippen molar-refractivity contribution in [3.05, 3.63) is 17.3 Å². The number of aliphatic hydroxyl groups is 1. The molecule has 4 nitrogen and oxygen atoms in total. The van der Waals surface area contributed by atoms with Gasteiger partial charge in [-0.15, -0.1) is 10.2 Å². The van der Waals surface area contributed by atoms with Crippen LogP contribution in [0.25, 0.3) is 0 Å². The van der Waals surface area contributed by atoms with Crippen LogP contribution in [-0.2, 0) is 0 Å². The molecule has 14 heavy (non-hydrogen) atoms. The van der Waals surface area contributed by atoms with Crippen molar-refractivity contribution in [3.63, 3.8) is 0 Å². The monoisotopic (exact) mass is 213 g/mol. The summed E-state index contributed by atoms with van der Waals surface area (Å²) in [6.45, 7) is 2.03. The fraction of sp³-hybridized carbons (Fsp3) is 0.556. The third kappa shape index (κ3) is 1.96. The van der Waals surface area contributed by atoms with Crippen LogP contribution in [0.5, 0.6) is 0 Å². The summed E-state index contributed by atoms with van der Waals surface area (Å²) in [7, 11) is 0. The maximum atomic E-state index is 8.99. The van der Waals surface area contributed by atoms with Crippen molar-refractivity contribution in [1.82, 2.24) is 10.2 Å². The maximum Gasteiger partial charge on any atom is 0.151 e. The van der Waals surface area contributed by atoms with Gasteiger partial charge in [-0.3, -0.25) is 0 Å². The van der Waals surface area contributed by atoms with E-state index in [1.807, 2.05) is 6.07 Å². The molecule has 2 heterocycles. The average molecular weight is 214 g/mol. The van der Waals surface area contributed by atoms with Crippen molar-refractivity contribution in [2.45, 2.75) is 6.42 Å². The molecular weight excluding hydrogens is 202 g/mol. The molecule has 1 aromatic rings. The third-order valence-corrected chi connectivity index (χ3v) is 2.69. The summed E-state index contributed by atoms with van der Waals surface area (Å²) in [6.07, 6.45) is 1.01. The van der Waals surface area contributed by atoms with E-state index in [-0.39, 0.29) is 6.61 Å². The van der Waals surface area contributed by atoms with Crippen LogP contribution in [0.15, 0.2) is 12.1 Å². The fourth-order valence-corrected chi connectivity index (χ4v) is 1.77. The highest BCUT2D eigenvalue weighted by Crippen LogP contribution is 2.21. The Morgan fingerprint density at radius 1 is 1.50 bits per heavy atom. The van der Waals surface area contributed by atoms with Crippen LogP contribution < -0.4 is 4.90 Å². The second-order valence-corrected chi connectivity index (χ2v) is 3.88. The summed E-state index contributed by atoms with van der Waals surface area (Å²) in [5, 5.41) is 17.2. The first-order valence-electron chi connectivity index (χ1n) is 4.64. The number of hydrogen-bond acceptors (Lipinski definition) is 4. The average Bonchev–Trinajstić information content (AvgIpc) is 2.67. The molecule has 2 rings (SSSR count). The van der Waals surface area contributed by atoms with E-state index < -0.39 is 0 Å². The molecular formula is C9H12ClN3O. The van der Waals surface area contributed by atoms with Gasteiger partial charge in [0.1, 0.15) is 0 Å². The molecule has 1 aromatic heterocycles. The Balaban J connectivity index is 2.06. The molecule has 1 aliphatic heterocycles. The Bertz CT molecular complexity index is 303. The molecule has 0 bridgehead atoms. The smallest absolute Gasteiger partial charge is 0.151 e. The molecule has 1 aliphatic rings. The molecule has 0 radical (unpaired) electrons. The zero-order valence-electron chi connectivity index (χ0n) is 7.73. The van der Waals surface area contributed by atoms with Gasteiger partial charge in [-0.25, -0.2) is 0 Å². The highest BCUT2D eigenvalue weighted by Gasteiger charge is 2.22. The van der Waals surface area contributed by atoms with Crippen LogP contribution >= 0.6 is 11.6 Å². The SMILES string of the molecule is OC[C@H]1CCN(c2ccc(Cl)nn2)C1. The molecule has 0 saturated carbocycles. The Morgan fingerprint density at radius 3 is 2.93 bits per heavy atom. The summed E-state index contributed by atoms with van der Waals surface area (Å²) in [5.74, 6) is 1.21. The predicted octanol–water partition coefficient (Wildman–Crippen LogP) is 0.949. The largest absolute Gasteiger partial charge is 0.396 e. The van der Waals surface area contributed by atoms with Gasteiger partial charge in [0, 0.05) is 25.6 Å². The van der Waals surface area contributed by atoms with Crippen molar-refractivity contribution in [2.75, 3.05) is 24.6 Å². The molecule has 0 aromatic carbocycles. The minimum Gasteiger partial charge on any atom is -0.396 e. The van der Waals surface area contributed by atoms with Gasteiger partial charge in [-0.1, -0.05) is 11.6 Å². The molecule has 1 fully saturated rings. The van der Waals surface area contributed by atoms with E-state index >= 15 is 0 Å². The van der Waals surface area contributed by atoms with E-state index in [1.54, 1.807) is 6.07 Å². The molecule has 76 valence electrons. The highest BCUT2D eigenvalue weighted by atomic mass is 35.5. The Kier molecular flexibility index (Phi) is 2.84. The molecule has 1 saturated heterocycles. The van der Waals surface area contributed by atoms with Crippen molar-refractivity contribution in [1.29, 1.82) is 0 Å². The van der Waals surface area contributed by atoms with Crippen molar-refractivity contribution in [3.8, 4) is 0 Å². The number of aliphatic hydroxyl groups excluding tert-OH is 1. The molecule has 1 atom stereocenters. The highest BCUT2D eigenvalue weighted by molar-refractivity contribution is 6.29. The fourth-order valence-electron chi connectivity index (χ4n) is 1.67. The molecule has 1 N–H and O–H groups in total. The molecule has 0 spiro atoms. The molecule has 0 amide bonds. The van der Waals surface area contributed by atoms with Crippen LogP contribution in [0.3, 0.4) is 0 Å². The Hall–Kier alpha value is -0.870. The molecule has 0 aliphatic carbocycles. The van der Waals surface area contributed by atoms with Gasteiger partial charge >= 0.3 is 0 Å². The zero-order chi connectivity index (χ0) is 9.97. The van der Waals surface area contributed by atoms with Gasteiger partial charge in [0.2, 0.25) is 0 Å². The summed E-state index contributed by atoms with van der Waals surface area (Å²) in [4.78, 5) is 2.12. The summed E-state index contributed by atoms with van der Waals surface area (Å²) < 4.78 is 0. The first-order valence-corrected chi connectivity index (χ1v) is 5.02. The first-order chi connectivity index (χ1) is 6.79. The van der Waals surface area contributed by atoms with E-state index in [9.17, 15) is 0 Å². The van der Waals surface area contributed by atoms with Gasteiger partial charge in [0.05, 0.1) is 0 Å². The lowest BCUT2D eigenvalue weighted by molar-refractivity contribution is 0.238. The Morgan fingerprint density at radius 2 is 2.36 bits per heavy atom. The summed E-state index contributed by atoms with van der Waals surface area (Å²) >= 11 is 5.64. The third-order valence-electron chi connectivity index (χ3n) is 2.49. The van der Waals surface area contributed by atoms with Gasteiger partial charge in [-0.05, 0) is 18.6 Å². The topological polar surface area (TPSA) is 49.2 Å². The number of hydrogen-bond donors (Lipinski definition) is 1. The quantitative estimate of drug-likeness (QED) is 0.795. The van der Waals surface area contributed by atoms with Crippen molar-refractivity contribution >= 4 is 17.4 Å². The number of rotatable bonds is 2. The van der Waals surface area contributed by atoms with Crippen LogP contribution in [0, 0.1) is 5.92 Å². The van der Waals surface area contributed by atoms with Gasteiger partial charge in [0.25, 0.3) is 0 Å². The predicted molar refractivity (Wildman–Crippen MR) is 54.4 cm³/mol. The number of anilines is 1. The minimum atomic E-state index is 0.248. The van der Waals surface area contributed by atoms with Crippen molar-refractivity contribution in [2.24, 2.45) is 5.92 Å². The summed E-state index contributed by atoms with van der Waals surface area (Å²) in [5.41, 5.74) is 0. The zero-order valence-corrected chi connectivity index (χ0v) is 8.48. The Labute approximate surface area is 87.5 Å². The standard InChI is InChI=1S/C9H12ClN3O/c10-8-1-2-9(12-11-8)13-4-3-7(5-13)6-14/h1-2,7,14H,3-6H2/t7-/m0/s1. The van der Waals surface area contributed by atoms with Crippen molar-refractivity contribution < 1.29 is 5.11 Å². The van der Waals surface area contributed by atoms with E-state index in [0.717, 1.165) is 25.3 Å². The first kappa shape index (κ1) is 9.68. The lowest BCUT2D eigenvalue weighted by atomic mass is 10.1. The van der Waals surface area contributed by atoms with E-state index in [2.05, 4.69) is 15.1 Å². The van der Waals surface area contributed by atoms with Gasteiger partial charge in [-0.2, -0.15) is 0 Å². The van der Waals surface area contributed by atoms with Gasteiger partial charge in [0.15, 0.2) is 11.0 Å².